The molecule has 5 rings (SSSR count). The summed E-state index contributed by atoms with van der Waals surface area (Å²) in [6.45, 7) is 6.33. The number of halogens is 1. The van der Waals surface area contributed by atoms with Gasteiger partial charge in [0.25, 0.3) is 5.56 Å². The highest BCUT2D eigenvalue weighted by atomic mass is 35.5. The number of hydrogen-bond acceptors (Lipinski definition) is 5. The number of aromatic nitrogens is 3. The molecule has 1 aliphatic heterocycles. The molecular weight excluding hydrogens is 430 g/mol. The molecule has 4 heterocycles. The molecule has 166 valence electrons. The lowest BCUT2D eigenvalue weighted by molar-refractivity contribution is -0.135. The van der Waals surface area contributed by atoms with Crippen molar-refractivity contribution in [2.75, 3.05) is 31.1 Å². The fourth-order valence-electron chi connectivity index (χ4n) is 4.39. The second-order valence-corrected chi connectivity index (χ2v) is 8.46. The molecule has 8 nitrogen and oxygen atoms in total. The number of fused-ring (bicyclic) bond motifs is 3. The van der Waals surface area contributed by atoms with Gasteiger partial charge in [0.1, 0.15) is 17.4 Å². The van der Waals surface area contributed by atoms with Crippen LogP contribution in [0.5, 0.6) is 0 Å². The van der Waals surface area contributed by atoms with Crippen molar-refractivity contribution in [2.24, 2.45) is 0 Å². The van der Waals surface area contributed by atoms with Gasteiger partial charge in [-0.1, -0.05) is 18.5 Å². The summed E-state index contributed by atoms with van der Waals surface area (Å²) in [5, 5.41) is 5.26. The fourth-order valence-corrected chi connectivity index (χ4v) is 4.52. The van der Waals surface area contributed by atoms with Crippen LogP contribution < -0.4 is 10.5 Å². The number of piperazine rings is 1. The van der Waals surface area contributed by atoms with E-state index in [1.165, 1.54) is 4.68 Å². The summed E-state index contributed by atoms with van der Waals surface area (Å²) in [6.07, 6.45) is 2.21. The van der Waals surface area contributed by atoms with E-state index in [-0.39, 0.29) is 11.5 Å². The number of anilines is 1. The van der Waals surface area contributed by atoms with Crippen LogP contribution >= 0.6 is 11.6 Å². The second kappa shape index (κ2) is 8.02. The molecule has 0 saturated carbocycles. The molecule has 0 spiro atoms. The van der Waals surface area contributed by atoms with Gasteiger partial charge in [-0.25, -0.2) is 4.68 Å². The lowest BCUT2D eigenvalue weighted by atomic mass is 10.2. The van der Waals surface area contributed by atoms with Crippen LogP contribution in [0.4, 0.5) is 5.69 Å². The summed E-state index contributed by atoms with van der Waals surface area (Å²) in [6, 6.07) is 10.6. The van der Waals surface area contributed by atoms with Crippen LogP contribution in [0.25, 0.3) is 16.6 Å². The second-order valence-electron chi connectivity index (χ2n) is 8.02. The predicted octanol–water partition coefficient (Wildman–Crippen LogP) is 3.37. The molecule has 0 bridgehead atoms. The van der Waals surface area contributed by atoms with Gasteiger partial charge < -0.3 is 14.2 Å². The van der Waals surface area contributed by atoms with E-state index in [4.69, 9.17) is 16.0 Å². The highest BCUT2D eigenvalue weighted by Gasteiger charge is 2.28. The summed E-state index contributed by atoms with van der Waals surface area (Å²) in [7, 11) is 0. The number of furan rings is 1. The van der Waals surface area contributed by atoms with Gasteiger partial charge in [-0.2, -0.15) is 5.10 Å². The molecule has 0 N–H and O–H groups in total. The Bertz CT molecular complexity index is 1350. The Morgan fingerprint density at radius 2 is 1.84 bits per heavy atom. The molecule has 1 amide bonds. The maximum atomic E-state index is 13.3. The van der Waals surface area contributed by atoms with Gasteiger partial charge in [0.05, 0.1) is 11.8 Å². The van der Waals surface area contributed by atoms with E-state index in [0.29, 0.717) is 41.5 Å². The zero-order valence-corrected chi connectivity index (χ0v) is 18.7. The summed E-state index contributed by atoms with van der Waals surface area (Å²) in [5.41, 5.74) is 2.70. The van der Waals surface area contributed by atoms with Crippen molar-refractivity contribution in [1.29, 1.82) is 0 Å². The van der Waals surface area contributed by atoms with Gasteiger partial charge in [0.2, 0.25) is 5.91 Å². The maximum absolute atomic E-state index is 13.3. The van der Waals surface area contributed by atoms with E-state index in [9.17, 15) is 9.59 Å². The first-order valence-electron chi connectivity index (χ1n) is 10.8. The van der Waals surface area contributed by atoms with Crippen molar-refractivity contribution in [3.8, 4) is 0 Å². The highest BCUT2D eigenvalue weighted by molar-refractivity contribution is 6.30. The third-order valence-electron chi connectivity index (χ3n) is 6.16. The number of nitrogens with zero attached hydrogens (tertiary/aromatic N) is 5. The molecule has 1 aromatic carbocycles. The van der Waals surface area contributed by atoms with Crippen molar-refractivity contribution >= 4 is 39.8 Å². The quantitative estimate of drug-likeness (QED) is 0.473. The molecule has 0 aliphatic carbocycles. The normalized spacial score (nSPS) is 15.6. The number of hydrogen-bond donors (Lipinski definition) is 0. The smallest absolute Gasteiger partial charge is 0.291 e. The van der Waals surface area contributed by atoms with Crippen LogP contribution in [0.2, 0.25) is 5.02 Å². The van der Waals surface area contributed by atoms with Crippen molar-refractivity contribution < 1.29 is 9.21 Å². The average Bonchev–Trinajstić information content (AvgIpc) is 3.41. The van der Waals surface area contributed by atoms with Crippen LogP contribution in [0.1, 0.15) is 25.7 Å². The Balaban J connectivity index is 1.39. The molecule has 4 aromatic rings. The minimum Gasteiger partial charge on any atom is -0.463 e. The molecule has 1 atom stereocenters. The van der Waals surface area contributed by atoms with Crippen LogP contribution in [0.3, 0.4) is 0 Å². The average molecular weight is 454 g/mol. The van der Waals surface area contributed by atoms with Gasteiger partial charge in [-0.15, -0.1) is 0 Å². The molecule has 32 heavy (non-hydrogen) atoms. The van der Waals surface area contributed by atoms with Gasteiger partial charge in [0.15, 0.2) is 5.58 Å². The van der Waals surface area contributed by atoms with Crippen molar-refractivity contribution in [3.63, 3.8) is 0 Å². The fraction of sp³-hybridized carbons (Fsp3) is 0.348. The molecule has 0 radical (unpaired) electrons. The van der Waals surface area contributed by atoms with E-state index in [0.717, 1.165) is 24.3 Å². The van der Waals surface area contributed by atoms with E-state index < -0.39 is 6.04 Å². The zero-order valence-electron chi connectivity index (χ0n) is 18.0. The topological polar surface area (TPSA) is 76.0 Å². The van der Waals surface area contributed by atoms with Crippen LogP contribution in [0, 0.1) is 0 Å². The van der Waals surface area contributed by atoms with E-state index in [2.05, 4.69) is 10.00 Å². The van der Waals surface area contributed by atoms with E-state index in [1.54, 1.807) is 19.3 Å². The first-order valence-corrected chi connectivity index (χ1v) is 11.2. The van der Waals surface area contributed by atoms with Gasteiger partial charge in [0, 0.05) is 55.4 Å². The van der Waals surface area contributed by atoms with Gasteiger partial charge in [-0.05, 0) is 31.2 Å². The SMILES string of the molecule is CCc1nn(C(C)C(=O)N2CCN(c3ccc(Cl)cc3)CC2)c(=O)c2cc3occc3n12. The number of rotatable bonds is 4. The molecule has 9 heteroatoms. The van der Waals surface area contributed by atoms with E-state index >= 15 is 0 Å². The molecule has 3 aromatic heterocycles. The Kier molecular flexibility index (Phi) is 5.17. The molecule has 1 unspecified atom stereocenters. The summed E-state index contributed by atoms with van der Waals surface area (Å²) in [4.78, 5) is 30.5. The molecule has 1 fully saturated rings. The molecular formula is C23H24ClN5O3. The van der Waals surface area contributed by atoms with Crippen molar-refractivity contribution in [1.82, 2.24) is 19.1 Å². The molecule has 1 saturated heterocycles. The predicted molar refractivity (Wildman–Crippen MR) is 124 cm³/mol. The highest BCUT2D eigenvalue weighted by Crippen LogP contribution is 2.22. The standard InChI is InChI=1S/C23H24ClN5O3/c1-3-21-25-29(23(31)19-14-20-18(28(19)21)8-13-32-20)15(2)22(30)27-11-9-26(10-12-27)17-6-4-16(24)5-7-17/h4-8,13-15H,3,9-12H2,1-2H3. The van der Waals surface area contributed by atoms with Crippen molar-refractivity contribution in [2.45, 2.75) is 26.3 Å². The monoisotopic (exact) mass is 453 g/mol. The lowest BCUT2D eigenvalue weighted by Crippen LogP contribution is -2.51. The Morgan fingerprint density at radius 1 is 1.12 bits per heavy atom. The van der Waals surface area contributed by atoms with Crippen LogP contribution in [0.15, 0.2) is 51.9 Å². The third kappa shape index (κ3) is 3.35. The summed E-state index contributed by atoms with van der Waals surface area (Å²) in [5.74, 6) is 0.611. The number of aryl methyl sites for hydroxylation is 1. The number of benzene rings is 1. The largest absolute Gasteiger partial charge is 0.463 e. The Morgan fingerprint density at radius 3 is 2.53 bits per heavy atom. The van der Waals surface area contributed by atoms with Crippen LogP contribution in [-0.4, -0.2) is 51.2 Å². The Labute approximate surface area is 189 Å². The lowest BCUT2D eigenvalue weighted by Gasteiger charge is -2.37. The van der Waals surface area contributed by atoms with Crippen molar-refractivity contribution in [3.05, 3.63) is 63.9 Å². The van der Waals surface area contributed by atoms with Gasteiger partial charge >= 0.3 is 0 Å². The minimum absolute atomic E-state index is 0.1000. The zero-order chi connectivity index (χ0) is 22.4. The first kappa shape index (κ1) is 20.6. The summed E-state index contributed by atoms with van der Waals surface area (Å²) < 4.78 is 8.61. The van der Waals surface area contributed by atoms with Crippen LogP contribution in [-0.2, 0) is 11.2 Å². The number of amides is 1. The summed E-state index contributed by atoms with van der Waals surface area (Å²) >= 11 is 5.98. The van der Waals surface area contributed by atoms with Gasteiger partial charge in [-0.3, -0.25) is 14.0 Å². The first-order chi connectivity index (χ1) is 15.5. The number of carbonyl (C=O) groups is 1. The molecule has 1 aliphatic rings. The maximum Gasteiger partial charge on any atom is 0.291 e. The Hall–Kier alpha value is -3.26. The number of carbonyl (C=O) groups excluding carboxylic acids is 1. The third-order valence-corrected chi connectivity index (χ3v) is 6.41. The minimum atomic E-state index is -0.693. The van der Waals surface area contributed by atoms with E-state index in [1.807, 2.05) is 46.6 Å².